The van der Waals surface area contributed by atoms with Gasteiger partial charge in [0, 0.05) is 25.2 Å². The number of ether oxygens (including phenoxy) is 1. The third-order valence-electron chi connectivity index (χ3n) is 2.61. The highest BCUT2D eigenvalue weighted by atomic mass is 16.5. The minimum atomic E-state index is -0.514. The largest absolute Gasteiger partial charge is 0.465 e. The average molecular weight is 195 g/mol. The van der Waals surface area contributed by atoms with Gasteiger partial charge in [-0.25, -0.2) is 4.79 Å². The molecule has 2 rings (SSSR count). The second-order valence-electron chi connectivity index (χ2n) is 3.68. The minimum absolute atomic E-state index is 0.103. The van der Waals surface area contributed by atoms with Gasteiger partial charge in [-0.3, -0.25) is 4.79 Å². The molecule has 0 aromatic rings. The molecule has 0 radical (unpaired) electrons. The van der Waals surface area contributed by atoms with Gasteiger partial charge >= 0.3 is 5.97 Å². The fourth-order valence-electron chi connectivity index (χ4n) is 1.64. The van der Waals surface area contributed by atoms with E-state index in [2.05, 4.69) is 9.64 Å². The maximum Gasteiger partial charge on any atom is 0.342 e. The first kappa shape index (κ1) is 9.24. The lowest BCUT2D eigenvalue weighted by molar-refractivity contribution is -0.138. The normalized spacial score (nSPS) is 21.9. The zero-order valence-electron chi connectivity index (χ0n) is 8.16. The van der Waals surface area contributed by atoms with E-state index in [1.165, 1.54) is 20.0 Å². The Morgan fingerprint density at radius 3 is 2.86 bits per heavy atom. The van der Waals surface area contributed by atoms with Gasteiger partial charge in [-0.05, 0) is 12.8 Å². The maximum absolute atomic E-state index is 11.4. The number of hydrogen-bond acceptors (Lipinski definition) is 4. The molecule has 0 aromatic heterocycles. The molecule has 2 aliphatic rings. The lowest BCUT2D eigenvalue weighted by atomic mass is 10.1. The van der Waals surface area contributed by atoms with Crippen molar-refractivity contribution in [3.8, 4) is 0 Å². The van der Waals surface area contributed by atoms with E-state index in [0.29, 0.717) is 12.5 Å². The number of hydrogen-bond donors (Lipinski definition) is 0. The summed E-state index contributed by atoms with van der Waals surface area (Å²) in [5.41, 5.74) is 0.200. The number of carbonyl (C=O) groups excluding carboxylic acids is 2. The highest BCUT2D eigenvalue weighted by Gasteiger charge is 2.32. The second kappa shape index (κ2) is 3.44. The van der Waals surface area contributed by atoms with Crippen molar-refractivity contribution in [2.24, 2.45) is 0 Å². The van der Waals surface area contributed by atoms with Crippen LogP contribution in [-0.4, -0.2) is 36.3 Å². The van der Waals surface area contributed by atoms with Gasteiger partial charge in [-0.15, -0.1) is 0 Å². The molecule has 1 heterocycles. The quantitative estimate of drug-likeness (QED) is 0.475. The summed E-state index contributed by atoms with van der Waals surface area (Å²) in [6, 6.07) is 0.544. The van der Waals surface area contributed by atoms with E-state index < -0.39 is 5.97 Å². The highest BCUT2D eigenvalue weighted by Crippen LogP contribution is 2.29. The van der Waals surface area contributed by atoms with Crippen LogP contribution in [0, 0.1) is 0 Å². The summed E-state index contributed by atoms with van der Waals surface area (Å²) < 4.78 is 4.55. The molecule has 76 valence electrons. The lowest BCUT2D eigenvalue weighted by Crippen LogP contribution is -2.32. The first-order valence-electron chi connectivity index (χ1n) is 4.81. The molecule has 14 heavy (non-hydrogen) atoms. The Balaban J connectivity index is 2.16. The molecule has 0 amide bonds. The van der Waals surface area contributed by atoms with Crippen LogP contribution in [0.2, 0.25) is 0 Å². The summed E-state index contributed by atoms with van der Waals surface area (Å²) in [5.74, 6) is -0.617. The summed E-state index contributed by atoms with van der Waals surface area (Å²) in [6.45, 7) is 0.740. The molecular formula is C10H13NO3. The molecule has 1 saturated carbocycles. The number of methoxy groups -OCH3 is 1. The molecule has 4 heteroatoms. The Labute approximate surface area is 82.5 Å². The average Bonchev–Trinajstić information content (AvgIpc) is 3.01. The van der Waals surface area contributed by atoms with Crippen LogP contribution in [-0.2, 0) is 14.3 Å². The summed E-state index contributed by atoms with van der Waals surface area (Å²) in [7, 11) is 1.30. The highest BCUT2D eigenvalue weighted by molar-refractivity contribution is 6.17. The molecule has 0 atom stereocenters. The molecule has 1 aliphatic heterocycles. The Kier molecular flexibility index (Phi) is 2.27. The molecule has 0 N–H and O–H groups in total. The molecule has 0 saturated heterocycles. The summed E-state index contributed by atoms with van der Waals surface area (Å²) in [4.78, 5) is 24.7. The third kappa shape index (κ3) is 1.64. The Morgan fingerprint density at radius 2 is 2.29 bits per heavy atom. The molecular weight excluding hydrogens is 182 g/mol. The topological polar surface area (TPSA) is 46.6 Å². The van der Waals surface area contributed by atoms with Crippen LogP contribution < -0.4 is 0 Å². The van der Waals surface area contributed by atoms with Crippen molar-refractivity contribution in [3.05, 3.63) is 11.8 Å². The van der Waals surface area contributed by atoms with Gasteiger partial charge in [0.25, 0.3) is 0 Å². The first-order chi connectivity index (χ1) is 6.72. The van der Waals surface area contributed by atoms with Crippen LogP contribution in [0.1, 0.15) is 19.3 Å². The van der Waals surface area contributed by atoms with E-state index in [1.54, 1.807) is 6.20 Å². The van der Waals surface area contributed by atoms with Crippen LogP contribution in [0.4, 0.5) is 0 Å². The van der Waals surface area contributed by atoms with Crippen LogP contribution >= 0.6 is 0 Å². The van der Waals surface area contributed by atoms with E-state index in [0.717, 1.165) is 6.54 Å². The monoisotopic (exact) mass is 195 g/mol. The lowest BCUT2D eigenvalue weighted by Gasteiger charge is -2.24. The van der Waals surface area contributed by atoms with Crippen LogP contribution in [0.3, 0.4) is 0 Å². The number of nitrogens with zero attached hydrogens (tertiary/aromatic N) is 1. The molecule has 0 spiro atoms. The Morgan fingerprint density at radius 1 is 1.57 bits per heavy atom. The predicted octanol–water partition coefficient (Wildman–Crippen LogP) is 0.480. The molecule has 0 unspecified atom stereocenters. The van der Waals surface area contributed by atoms with Crippen LogP contribution in [0.25, 0.3) is 0 Å². The second-order valence-corrected chi connectivity index (χ2v) is 3.68. The predicted molar refractivity (Wildman–Crippen MR) is 49.5 cm³/mol. The number of esters is 1. The van der Waals surface area contributed by atoms with Crippen molar-refractivity contribution >= 4 is 11.8 Å². The Bertz CT molecular complexity index is 304. The molecule has 0 aromatic carbocycles. The van der Waals surface area contributed by atoms with Crippen LogP contribution in [0.15, 0.2) is 11.8 Å². The third-order valence-corrected chi connectivity index (χ3v) is 2.61. The zero-order chi connectivity index (χ0) is 10.1. The van der Waals surface area contributed by atoms with E-state index in [9.17, 15) is 9.59 Å². The summed E-state index contributed by atoms with van der Waals surface area (Å²) in [6.07, 6.45) is 4.42. The first-order valence-corrected chi connectivity index (χ1v) is 4.81. The Hall–Kier alpha value is -1.32. The number of Topliss-reactive ketones (excluding diaryl/α,β-unsaturated/α-hetero) is 1. The van der Waals surface area contributed by atoms with E-state index in [-0.39, 0.29) is 11.4 Å². The van der Waals surface area contributed by atoms with E-state index in [1.807, 2.05) is 0 Å². The van der Waals surface area contributed by atoms with E-state index >= 15 is 0 Å². The van der Waals surface area contributed by atoms with Crippen molar-refractivity contribution in [1.82, 2.24) is 4.90 Å². The number of ketones is 1. The van der Waals surface area contributed by atoms with Gasteiger partial charge in [0.15, 0.2) is 5.78 Å². The molecule has 1 fully saturated rings. The smallest absolute Gasteiger partial charge is 0.342 e. The van der Waals surface area contributed by atoms with Gasteiger partial charge in [-0.1, -0.05) is 0 Å². The van der Waals surface area contributed by atoms with Gasteiger partial charge in [0.1, 0.15) is 5.57 Å². The summed E-state index contributed by atoms with van der Waals surface area (Å²) in [5, 5.41) is 0. The van der Waals surface area contributed by atoms with Gasteiger partial charge in [0.05, 0.1) is 7.11 Å². The zero-order valence-corrected chi connectivity index (χ0v) is 8.16. The number of rotatable bonds is 2. The SMILES string of the molecule is COC(=O)C1=CN(C2CC2)CCC1=O. The van der Waals surface area contributed by atoms with Crippen molar-refractivity contribution < 1.29 is 14.3 Å². The van der Waals surface area contributed by atoms with Crippen molar-refractivity contribution in [2.75, 3.05) is 13.7 Å². The standard InChI is InChI=1S/C10H13NO3/c1-14-10(13)8-6-11(7-2-3-7)5-4-9(8)12/h6-7H,2-5H2,1H3. The maximum atomic E-state index is 11.4. The molecule has 1 aliphatic carbocycles. The summed E-state index contributed by atoms with van der Waals surface area (Å²) >= 11 is 0. The van der Waals surface area contributed by atoms with Gasteiger partial charge in [-0.2, -0.15) is 0 Å². The van der Waals surface area contributed by atoms with Gasteiger partial charge in [0.2, 0.25) is 0 Å². The fraction of sp³-hybridized carbons (Fsp3) is 0.600. The molecule has 4 nitrogen and oxygen atoms in total. The van der Waals surface area contributed by atoms with Crippen molar-refractivity contribution in [1.29, 1.82) is 0 Å². The number of carbonyl (C=O) groups is 2. The molecule has 0 bridgehead atoms. The van der Waals surface area contributed by atoms with Crippen molar-refractivity contribution in [3.63, 3.8) is 0 Å². The fourth-order valence-corrected chi connectivity index (χ4v) is 1.64. The van der Waals surface area contributed by atoms with Gasteiger partial charge < -0.3 is 9.64 Å². The minimum Gasteiger partial charge on any atom is -0.465 e. The van der Waals surface area contributed by atoms with E-state index in [4.69, 9.17) is 0 Å². The van der Waals surface area contributed by atoms with Crippen molar-refractivity contribution in [2.45, 2.75) is 25.3 Å². The van der Waals surface area contributed by atoms with Crippen LogP contribution in [0.5, 0.6) is 0 Å².